The van der Waals surface area contributed by atoms with Gasteiger partial charge in [-0.15, -0.1) is 0 Å². The van der Waals surface area contributed by atoms with E-state index in [1.807, 2.05) is 67.6 Å². The van der Waals surface area contributed by atoms with Crippen LogP contribution >= 0.6 is 0 Å². The fraction of sp³-hybridized carbons (Fsp3) is 0.188. The third kappa shape index (κ3) is 7.15. The number of hydrogen-bond acceptors (Lipinski definition) is 4. The second-order valence-electron chi connectivity index (χ2n) is 9.27. The summed E-state index contributed by atoms with van der Waals surface area (Å²) in [5.74, 6) is -0.785. The molecule has 0 aromatic heterocycles. The van der Waals surface area contributed by atoms with E-state index in [0.717, 1.165) is 15.4 Å². The smallest absolute Gasteiger partial charge is 0.264 e. The van der Waals surface area contributed by atoms with Crippen LogP contribution in [-0.4, -0.2) is 44.3 Å². The number of carbonyl (C=O) groups excluding carboxylic acids is 2. The lowest BCUT2D eigenvalue weighted by Crippen LogP contribution is -2.53. The van der Waals surface area contributed by atoms with Gasteiger partial charge in [0, 0.05) is 19.5 Å². The first-order valence-electron chi connectivity index (χ1n) is 13.2. The Morgan fingerprint density at radius 3 is 1.77 bits per heavy atom. The second kappa shape index (κ2) is 13.6. The van der Waals surface area contributed by atoms with Crippen LogP contribution in [0.2, 0.25) is 0 Å². The van der Waals surface area contributed by atoms with Crippen molar-refractivity contribution in [3.8, 4) is 0 Å². The Bertz CT molecular complexity index is 1480. The fourth-order valence-electron chi connectivity index (χ4n) is 4.47. The van der Waals surface area contributed by atoms with Gasteiger partial charge in [-0.2, -0.15) is 0 Å². The van der Waals surface area contributed by atoms with Crippen LogP contribution in [0.4, 0.5) is 5.69 Å². The van der Waals surface area contributed by atoms with Crippen molar-refractivity contribution >= 4 is 27.5 Å². The molecule has 4 rings (SSSR count). The first-order valence-corrected chi connectivity index (χ1v) is 14.6. The number of nitrogens with zero attached hydrogens (tertiary/aromatic N) is 2. The molecule has 7 nitrogen and oxygen atoms in total. The lowest BCUT2D eigenvalue weighted by Gasteiger charge is -2.33. The lowest BCUT2D eigenvalue weighted by atomic mass is 10.0. The summed E-state index contributed by atoms with van der Waals surface area (Å²) in [5.41, 5.74) is 2.08. The van der Waals surface area contributed by atoms with Crippen LogP contribution in [0, 0.1) is 0 Å². The third-order valence-electron chi connectivity index (χ3n) is 6.47. The van der Waals surface area contributed by atoms with Crippen molar-refractivity contribution in [3.63, 3.8) is 0 Å². The molecule has 4 aromatic rings. The normalized spacial score (nSPS) is 11.8. The molecule has 0 saturated heterocycles. The van der Waals surface area contributed by atoms with Gasteiger partial charge < -0.3 is 10.2 Å². The summed E-state index contributed by atoms with van der Waals surface area (Å²) < 4.78 is 28.8. The van der Waals surface area contributed by atoms with Gasteiger partial charge in [-0.25, -0.2) is 8.42 Å². The number of likely N-dealkylation sites (N-methyl/N-ethyl adjacent to an activating group) is 1. The summed E-state index contributed by atoms with van der Waals surface area (Å²) in [5, 5.41) is 2.86. The molecular formula is C32H33N3O4S. The van der Waals surface area contributed by atoms with E-state index in [1.165, 1.54) is 17.0 Å². The average molecular weight is 556 g/mol. The highest BCUT2D eigenvalue weighted by atomic mass is 32.2. The Balaban J connectivity index is 1.76. The molecule has 0 radical (unpaired) electrons. The molecule has 0 spiro atoms. The molecule has 0 aliphatic heterocycles. The summed E-state index contributed by atoms with van der Waals surface area (Å²) in [4.78, 5) is 29.2. The van der Waals surface area contributed by atoms with Crippen molar-refractivity contribution in [2.45, 2.75) is 30.8 Å². The molecule has 40 heavy (non-hydrogen) atoms. The highest BCUT2D eigenvalue weighted by Gasteiger charge is 2.34. The zero-order valence-electron chi connectivity index (χ0n) is 22.4. The quantitative estimate of drug-likeness (QED) is 0.276. The maximum absolute atomic E-state index is 14.2. The van der Waals surface area contributed by atoms with E-state index in [2.05, 4.69) is 5.32 Å². The highest BCUT2D eigenvalue weighted by molar-refractivity contribution is 7.92. The number of amides is 2. The average Bonchev–Trinajstić information content (AvgIpc) is 2.99. The van der Waals surface area contributed by atoms with Gasteiger partial charge in [0.1, 0.15) is 12.6 Å². The van der Waals surface area contributed by atoms with E-state index in [-0.39, 0.29) is 23.8 Å². The predicted molar refractivity (Wildman–Crippen MR) is 157 cm³/mol. The van der Waals surface area contributed by atoms with Gasteiger partial charge in [-0.05, 0) is 42.3 Å². The zero-order chi connectivity index (χ0) is 28.4. The van der Waals surface area contributed by atoms with E-state index in [9.17, 15) is 18.0 Å². The van der Waals surface area contributed by atoms with E-state index in [0.29, 0.717) is 12.2 Å². The SMILES string of the molecule is CCNC(=O)[C@@H](Cc1ccccc1)N(Cc1ccccc1)C(=O)CN(c1ccccc1)S(=O)(=O)c1ccccc1. The topological polar surface area (TPSA) is 86.8 Å². The van der Waals surface area contributed by atoms with Gasteiger partial charge in [0.05, 0.1) is 10.6 Å². The van der Waals surface area contributed by atoms with Gasteiger partial charge >= 0.3 is 0 Å². The zero-order valence-corrected chi connectivity index (χ0v) is 23.2. The van der Waals surface area contributed by atoms with E-state index in [1.54, 1.807) is 48.5 Å². The van der Waals surface area contributed by atoms with E-state index < -0.39 is 28.5 Å². The Labute approximate surface area is 236 Å². The number of para-hydroxylation sites is 1. The molecule has 1 atom stereocenters. The Kier molecular flexibility index (Phi) is 9.70. The maximum atomic E-state index is 14.2. The van der Waals surface area contributed by atoms with Crippen LogP contribution in [0.5, 0.6) is 0 Å². The van der Waals surface area contributed by atoms with Gasteiger partial charge in [0.2, 0.25) is 11.8 Å². The lowest BCUT2D eigenvalue weighted by molar-refractivity contribution is -0.140. The highest BCUT2D eigenvalue weighted by Crippen LogP contribution is 2.24. The van der Waals surface area contributed by atoms with Crippen molar-refractivity contribution in [3.05, 3.63) is 132 Å². The molecule has 1 N–H and O–H groups in total. The number of rotatable bonds is 12. The monoisotopic (exact) mass is 555 g/mol. The minimum Gasteiger partial charge on any atom is -0.355 e. The first-order chi connectivity index (χ1) is 19.4. The summed E-state index contributed by atoms with van der Waals surface area (Å²) in [7, 11) is -4.09. The summed E-state index contributed by atoms with van der Waals surface area (Å²) >= 11 is 0. The molecule has 2 amide bonds. The van der Waals surface area contributed by atoms with Gasteiger partial charge in [0.15, 0.2) is 0 Å². The standard InChI is InChI=1S/C32H33N3O4S/c1-2-33-32(37)30(23-26-15-7-3-8-16-26)34(24-27-17-9-4-10-18-27)31(36)25-35(28-19-11-5-12-20-28)40(38,39)29-21-13-6-14-22-29/h3-22,30H,2,23-25H2,1H3,(H,33,37)/t30-/m1/s1. The molecule has 0 fully saturated rings. The molecule has 8 heteroatoms. The molecular weight excluding hydrogens is 522 g/mol. The Morgan fingerprint density at radius 2 is 1.23 bits per heavy atom. The Hall–Kier alpha value is -4.43. The van der Waals surface area contributed by atoms with Crippen LogP contribution in [0.15, 0.2) is 126 Å². The molecule has 0 bridgehead atoms. The van der Waals surface area contributed by atoms with Crippen molar-refractivity contribution in [1.29, 1.82) is 0 Å². The molecule has 0 saturated carbocycles. The van der Waals surface area contributed by atoms with Crippen LogP contribution in [0.1, 0.15) is 18.1 Å². The van der Waals surface area contributed by atoms with Crippen molar-refractivity contribution in [2.75, 3.05) is 17.4 Å². The number of sulfonamides is 1. The van der Waals surface area contributed by atoms with E-state index >= 15 is 0 Å². The predicted octanol–water partition coefficient (Wildman–Crippen LogP) is 4.66. The second-order valence-corrected chi connectivity index (χ2v) is 11.1. The minimum absolute atomic E-state index is 0.0748. The van der Waals surface area contributed by atoms with Crippen LogP contribution in [-0.2, 0) is 32.6 Å². The minimum atomic E-state index is -4.09. The molecule has 0 aliphatic carbocycles. The van der Waals surface area contributed by atoms with E-state index in [4.69, 9.17) is 0 Å². The third-order valence-corrected chi connectivity index (χ3v) is 8.26. The largest absolute Gasteiger partial charge is 0.355 e. The number of hydrogen-bond donors (Lipinski definition) is 1. The maximum Gasteiger partial charge on any atom is 0.264 e. The van der Waals surface area contributed by atoms with Gasteiger partial charge in [0.25, 0.3) is 10.0 Å². The molecule has 206 valence electrons. The number of benzene rings is 4. The summed E-state index contributed by atoms with van der Waals surface area (Å²) in [6, 6.07) is 34.6. The van der Waals surface area contributed by atoms with Crippen LogP contribution in [0.25, 0.3) is 0 Å². The molecule has 0 heterocycles. The van der Waals surface area contributed by atoms with Gasteiger partial charge in [-0.3, -0.25) is 13.9 Å². The van der Waals surface area contributed by atoms with Crippen molar-refractivity contribution in [1.82, 2.24) is 10.2 Å². The first kappa shape index (κ1) is 28.6. The number of carbonyl (C=O) groups is 2. The Morgan fingerprint density at radius 1 is 0.725 bits per heavy atom. The molecule has 0 unspecified atom stereocenters. The molecule has 0 aliphatic rings. The van der Waals surface area contributed by atoms with Gasteiger partial charge in [-0.1, -0.05) is 97.1 Å². The summed E-state index contributed by atoms with van der Waals surface area (Å²) in [6.45, 7) is 1.89. The number of nitrogens with one attached hydrogen (secondary N) is 1. The summed E-state index contributed by atoms with van der Waals surface area (Å²) in [6.07, 6.45) is 0.280. The van der Waals surface area contributed by atoms with Crippen molar-refractivity contribution in [2.24, 2.45) is 0 Å². The fourth-order valence-corrected chi connectivity index (χ4v) is 5.90. The van der Waals surface area contributed by atoms with Crippen molar-refractivity contribution < 1.29 is 18.0 Å². The van der Waals surface area contributed by atoms with Crippen LogP contribution < -0.4 is 9.62 Å². The number of anilines is 1. The van der Waals surface area contributed by atoms with Crippen LogP contribution in [0.3, 0.4) is 0 Å². The molecule has 4 aromatic carbocycles.